The van der Waals surface area contributed by atoms with E-state index in [1.807, 2.05) is 0 Å². The SMILES string of the molecule is CN(C)C(=O)Cn1cc(Cl)c2ncc(-c3cccc(Cl)c3F)cc21. The van der Waals surface area contributed by atoms with Gasteiger partial charge in [-0.3, -0.25) is 9.78 Å². The van der Waals surface area contributed by atoms with Gasteiger partial charge in [0, 0.05) is 37.6 Å². The summed E-state index contributed by atoms with van der Waals surface area (Å²) in [6.45, 7) is 0.124. The van der Waals surface area contributed by atoms with Gasteiger partial charge in [0.05, 0.1) is 15.6 Å². The minimum atomic E-state index is -0.506. The van der Waals surface area contributed by atoms with Crippen molar-refractivity contribution >= 4 is 40.1 Å². The summed E-state index contributed by atoms with van der Waals surface area (Å²) in [4.78, 5) is 17.8. The second kappa shape index (κ2) is 6.42. The van der Waals surface area contributed by atoms with Crippen molar-refractivity contribution in [1.29, 1.82) is 0 Å². The number of nitrogens with zero attached hydrogens (tertiary/aromatic N) is 3. The lowest BCUT2D eigenvalue weighted by Crippen LogP contribution is -2.25. The van der Waals surface area contributed by atoms with Gasteiger partial charge in [-0.2, -0.15) is 0 Å². The number of carbonyl (C=O) groups excluding carboxylic acids is 1. The molecule has 0 radical (unpaired) electrons. The summed E-state index contributed by atoms with van der Waals surface area (Å²) in [5, 5.41) is 0.485. The summed E-state index contributed by atoms with van der Waals surface area (Å²) in [6, 6.07) is 6.55. The lowest BCUT2D eigenvalue weighted by Gasteiger charge is -2.12. The molecule has 0 spiro atoms. The van der Waals surface area contributed by atoms with Gasteiger partial charge in [0.1, 0.15) is 17.9 Å². The van der Waals surface area contributed by atoms with E-state index in [1.54, 1.807) is 49.3 Å². The van der Waals surface area contributed by atoms with Crippen LogP contribution in [0.1, 0.15) is 0 Å². The van der Waals surface area contributed by atoms with E-state index >= 15 is 0 Å². The van der Waals surface area contributed by atoms with Crippen LogP contribution in [0.15, 0.2) is 36.7 Å². The number of pyridine rings is 1. The Morgan fingerprint density at radius 3 is 2.75 bits per heavy atom. The van der Waals surface area contributed by atoms with Gasteiger partial charge < -0.3 is 9.47 Å². The van der Waals surface area contributed by atoms with Gasteiger partial charge in [-0.1, -0.05) is 35.3 Å². The molecule has 0 fully saturated rings. The summed E-state index contributed by atoms with van der Waals surface area (Å²) in [5.74, 6) is -0.586. The first-order valence-electron chi connectivity index (χ1n) is 7.17. The van der Waals surface area contributed by atoms with E-state index in [4.69, 9.17) is 23.2 Å². The zero-order valence-corrected chi connectivity index (χ0v) is 14.6. The molecule has 7 heteroatoms. The molecule has 1 aromatic carbocycles. The molecule has 0 aliphatic carbocycles. The molecule has 3 rings (SSSR count). The van der Waals surface area contributed by atoms with E-state index in [0.29, 0.717) is 27.2 Å². The fourth-order valence-corrected chi connectivity index (χ4v) is 2.85. The van der Waals surface area contributed by atoms with Crippen LogP contribution in [0, 0.1) is 5.82 Å². The number of halogens is 3. The highest BCUT2D eigenvalue weighted by atomic mass is 35.5. The zero-order chi connectivity index (χ0) is 17.4. The van der Waals surface area contributed by atoms with Crippen LogP contribution in [0.4, 0.5) is 4.39 Å². The average Bonchev–Trinajstić information content (AvgIpc) is 2.85. The summed E-state index contributed by atoms with van der Waals surface area (Å²) in [7, 11) is 3.36. The maximum absolute atomic E-state index is 14.3. The normalized spacial score (nSPS) is 11.0. The van der Waals surface area contributed by atoms with E-state index in [2.05, 4.69) is 4.98 Å². The van der Waals surface area contributed by atoms with Crippen LogP contribution >= 0.6 is 23.2 Å². The van der Waals surface area contributed by atoms with Crippen LogP contribution in [0.5, 0.6) is 0 Å². The van der Waals surface area contributed by atoms with Gasteiger partial charge in [0.25, 0.3) is 0 Å². The van der Waals surface area contributed by atoms with Gasteiger partial charge >= 0.3 is 0 Å². The topological polar surface area (TPSA) is 38.1 Å². The number of rotatable bonds is 3. The highest BCUT2D eigenvalue weighted by Crippen LogP contribution is 2.31. The number of fused-ring (bicyclic) bond motifs is 1. The Balaban J connectivity index is 2.13. The average molecular weight is 366 g/mol. The van der Waals surface area contributed by atoms with E-state index < -0.39 is 5.82 Å². The summed E-state index contributed by atoms with van der Waals surface area (Å²) >= 11 is 12.0. The lowest BCUT2D eigenvalue weighted by atomic mass is 10.1. The molecule has 0 atom stereocenters. The maximum atomic E-state index is 14.3. The minimum Gasteiger partial charge on any atom is -0.347 e. The molecule has 3 aromatic rings. The van der Waals surface area contributed by atoms with Gasteiger partial charge in [0.2, 0.25) is 5.91 Å². The van der Waals surface area contributed by atoms with Gasteiger partial charge in [-0.05, 0) is 12.1 Å². The number of hydrogen-bond acceptors (Lipinski definition) is 2. The summed E-state index contributed by atoms with van der Waals surface area (Å²) in [5.41, 5.74) is 2.14. The minimum absolute atomic E-state index is 0.0452. The standard InChI is InChI=1S/C17H14Cl2FN3O/c1-22(2)15(24)9-23-8-13(19)17-14(23)6-10(7-21-17)11-4-3-5-12(18)16(11)20/h3-8H,9H2,1-2H3. The van der Waals surface area contributed by atoms with Crippen LogP contribution in [0.3, 0.4) is 0 Å². The van der Waals surface area contributed by atoms with E-state index in [0.717, 1.165) is 0 Å². The van der Waals surface area contributed by atoms with Crippen LogP contribution in [0.2, 0.25) is 10.0 Å². The Labute approximate surface area is 148 Å². The van der Waals surface area contributed by atoms with Crippen molar-refractivity contribution in [3.8, 4) is 11.1 Å². The third kappa shape index (κ3) is 2.97. The second-order valence-electron chi connectivity index (χ2n) is 5.59. The number of hydrogen-bond donors (Lipinski definition) is 0. The Morgan fingerprint density at radius 2 is 2.04 bits per heavy atom. The number of aromatic nitrogens is 2. The van der Waals surface area contributed by atoms with Gasteiger partial charge in [-0.25, -0.2) is 4.39 Å². The van der Waals surface area contributed by atoms with Crippen molar-refractivity contribution < 1.29 is 9.18 Å². The fraction of sp³-hybridized carbons (Fsp3) is 0.176. The molecule has 0 aliphatic rings. The van der Waals surface area contributed by atoms with Crippen molar-refractivity contribution in [3.63, 3.8) is 0 Å². The van der Waals surface area contributed by atoms with E-state index in [-0.39, 0.29) is 17.5 Å². The van der Waals surface area contributed by atoms with Crippen molar-refractivity contribution in [2.24, 2.45) is 0 Å². The first-order chi connectivity index (χ1) is 11.4. The third-order valence-corrected chi connectivity index (χ3v) is 4.31. The maximum Gasteiger partial charge on any atom is 0.241 e. The molecule has 4 nitrogen and oxygen atoms in total. The Bertz CT molecular complexity index is 937. The largest absolute Gasteiger partial charge is 0.347 e. The predicted molar refractivity (Wildman–Crippen MR) is 93.8 cm³/mol. The fourth-order valence-electron chi connectivity index (χ4n) is 2.42. The molecule has 0 aliphatic heterocycles. The van der Waals surface area contributed by atoms with Crippen LogP contribution in [0.25, 0.3) is 22.2 Å². The number of benzene rings is 1. The molecule has 0 saturated heterocycles. The molecule has 0 bridgehead atoms. The molecule has 0 unspecified atom stereocenters. The Kier molecular flexibility index (Phi) is 4.47. The molecule has 0 N–H and O–H groups in total. The number of carbonyl (C=O) groups is 1. The highest BCUT2D eigenvalue weighted by molar-refractivity contribution is 6.35. The predicted octanol–water partition coefficient (Wildman–Crippen LogP) is 4.24. The van der Waals surface area contributed by atoms with Gasteiger partial charge in [-0.15, -0.1) is 0 Å². The smallest absolute Gasteiger partial charge is 0.241 e. The van der Waals surface area contributed by atoms with Crippen LogP contribution in [-0.2, 0) is 11.3 Å². The summed E-state index contributed by atoms with van der Waals surface area (Å²) in [6.07, 6.45) is 3.19. The quantitative estimate of drug-likeness (QED) is 0.696. The third-order valence-electron chi connectivity index (χ3n) is 3.74. The van der Waals surface area contributed by atoms with Crippen LogP contribution in [-0.4, -0.2) is 34.5 Å². The Morgan fingerprint density at radius 1 is 1.29 bits per heavy atom. The van der Waals surface area contributed by atoms with Crippen molar-refractivity contribution in [3.05, 3.63) is 52.5 Å². The lowest BCUT2D eigenvalue weighted by molar-refractivity contribution is -0.129. The van der Waals surface area contributed by atoms with Crippen molar-refractivity contribution in [1.82, 2.24) is 14.5 Å². The molecule has 1 amide bonds. The molecular weight excluding hydrogens is 352 g/mol. The molecule has 0 saturated carbocycles. The molecule has 2 heterocycles. The van der Waals surface area contributed by atoms with Crippen molar-refractivity contribution in [2.45, 2.75) is 6.54 Å². The van der Waals surface area contributed by atoms with E-state index in [1.165, 1.54) is 11.0 Å². The first kappa shape index (κ1) is 16.7. The second-order valence-corrected chi connectivity index (χ2v) is 6.40. The summed E-state index contributed by atoms with van der Waals surface area (Å²) < 4.78 is 16.0. The highest BCUT2D eigenvalue weighted by Gasteiger charge is 2.15. The first-order valence-corrected chi connectivity index (χ1v) is 7.93. The van der Waals surface area contributed by atoms with Gasteiger partial charge in [0.15, 0.2) is 0 Å². The number of likely N-dealkylation sites (N-methyl/N-ethyl adjacent to an activating group) is 1. The molecular formula is C17H14Cl2FN3O. The zero-order valence-electron chi connectivity index (χ0n) is 13.1. The van der Waals surface area contributed by atoms with E-state index in [9.17, 15) is 9.18 Å². The molecule has 24 heavy (non-hydrogen) atoms. The van der Waals surface area contributed by atoms with Crippen molar-refractivity contribution in [2.75, 3.05) is 14.1 Å². The molecule has 124 valence electrons. The van der Waals surface area contributed by atoms with Crippen LogP contribution < -0.4 is 0 Å². The monoisotopic (exact) mass is 365 g/mol. The molecule has 2 aromatic heterocycles. The number of amides is 1. The Hall–Kier alpha value is -2.11.